The largest absolute Gasteiger partial charge is 0.357 e. The highest BCUT2D eigenvalue weighted by molar-refractivity contribution is 14.0. The molecule has 152 valence electrons. The third-order valence-electron chi connectivity index (χ3n) is 5.49. The maximum atomic E-state index is 12.6. The number of anilines is 1. The van der Waals surface area contributed by atoms with E-state index in [0.717, 1.165) is 37.2 Å². The highest BCUT2D eigenvalue weighted by Crippen LogP contribution is 2.28. The van der Waals surface area contributed by atoms with Crippen LogP contribution in [-0.2, 0) is 11.8 Å². The molecule has 2 fully saturated rings. The summed E-state index contributed by atoms with van der Waals surface area (Å²) in [5.41, 5.74) is 0.871. The standard InChI is InChI=1S/C19H32N6O.HI/c1-4-20-19(21-11-16-7-5-15(2)6-8-16)24-9-10-25(18(26)14-24)17-12-22-23(3)13-17;/h12-13,15-16H,4-11,14H2,1-3H3,(H,20,21);1H. The fourth-order valence-corrected chi connectivity index (χ4v) is 3.83. The van der Waals surface area contributed by atoms with E-state index in [2.05, 4.69) is 29.2 Å². The second-order valence-electron chi connectivity index (χ2n) is 7.66. The Morgan fingerprint density at radius 2 is 2.04 bits per heavy atom. The van der Waals surface area contributed by atoms with Crippen LogP contribution in [0.25, 0.3) is 0 Å². The minimum Gasteiger partial charge on any atom is -0.357 e. The molecule has 0 atom stereocenters. The van der Waals surface area contributed by atoms with Gasteiger partial charge in [0.25, 0.3) is 0 Å². The molecule has 1 aromatic rings. The predicted octanol–water partition coefficient (Wildman–Crippen LogP) is 2.48. The topological polar surface area (TPSA) is 65.8 Å². The molecule has 0 radical (unpaired) electrons. The molecule has 2 heterocycles. The second-order valence-corrected chi connectivity index (χ2v) is 7.66. The highest BCUT2D eigenvalue weighted by atomic mass is 127. The first-order valence-corrected chi connectivity index (χ1v) is 9.89. The molecule has 8 heteroatoms. The van der Waals surface area contributed by atoms with Gasteiger partial charge in [-0.3, -0.25) is 14.5 Å². The van der Waals surface area contributed by atoms with Crippen LogP contribution >= 0.6 is 24.0 Å². The van der Waals surface area contributed by atoms with Crippen LogP contribution in [0.2, 0.25) is 0 Å². The average Bonchev–Trinajstić information content (AvgIpc) is 3.06. The summed E-state index contributed by atoms with van der Waals surface area (Å²) in [6.07, 6.45) is 8.82. The highest BCUT2D eigenvalue weighted by Gasteiger charge is 2.28. The second kappa shape index (κ2) is 10.3. The zero-order chi connectivity index (χ0) is 18.5. The number of nitrogens with zero attached hydrogens (tertiary/aromatic N) is 5. The van der Waals surface area contributed by atoms with Gasteiger partial charge in [-0.05, 0) is 31.6 Å². The zero-order valence-electron chi connectivity index (χ0n) is 16.7. The SMILES string of the molecule is CCNC(=NCC1CCC(C)CC1)N1CCN(c2cnn(C)c2)C(=O)C1.I. The third-order valence-corrected chi connectivity index (χ3v) is 5.49. The lowest BCUT2D eigenvalue weighted by Gasteiger charge is -2.35. The van der Waals surface area contributed by atoms with E-state index >= 15 is 0 Å². The number of carbonyl (C=O) groups is 1. The summed E-state index contributed by atoms with van der Waals surface area (Å²) in [7, 11) is 1.87. The lowest BCUT2D eigenvalue weighted by Crippen LogP contribution is -2.55. The first-order chi connectivity index (χ1) is 12.6. The van der Waals surface area contributed by atoms with Crippen LogP contribution in [-0.4, -0.2) is 59.3 Å². The van der Waals surface area contributed by atoms with E-state index in [1.165, 1.54) is 25.7 Å². The summed E-state index contributed by atoms with van der Waals surface area (Å²) < 4.78 is 1.73. The van der Waals surface area contributed by atoms with Crippen molar-refractivity contribution in [3.05, 3.63) is 12.4 Å². The van der Waals surface area contributed by atoms with E-state index < -0.39 is 0 Å². The maximum absolute atomic E-state index is 12.6. The molecular weight excluding hydrogens is 455 g/mol. The molecule has 1 aliphatic heterocycles. The fraction of sp³-hybridized carbons (Fsp3) is 0.737. The number of aromatic nitrogens is 2. The normalized spacial score (nSPS) is 24.0. The number of rotatable bonds is 4. The lowest BCUT2D eigenvalue weighted by atomic mass is 9.83. The zero-order valence-corrected chi connectivity index (χ0v) is 19.1. The van der Waals surface area contributed by atoms with E-state index in [9.17, 15) is 4.79 Å². The molecule has 1 saturated heterocycles. The van der Waals surface area contributed by atoms with Gasteiger partial charge in [0.1, 0.15) is 6.54 Å². The third kappa shape index (κ3) is 5.83. The van der Waals surface area contributed by atoms with Crippen molar-refractivity contribution < 1.29 is 4.79 Å². The smallest absolute Gasteiger partial charge is 0.246 e. The number of hydrogen-bond donors (Lipinski definition) is 1. The number of aryl methyl sites for hydroxylation is 1. The van der Waals surface area contributed by atoms with Gasteiger partial charge in [-0.2, -0.15) is 5.10 Å². The van der Waals surface area contributed by atoms with Gasteiger partial charge in [0.05, 0.1) is 11.9 Å². The molecule has 27 heavy (non-hydrogen) atoms. The van der Waals surface area contributed by atoms with E-state index in [4.69, 9.17) is 4.99 Å². The van der Waals surface area contributed by atoms with E-state index in [1.54, 1.807) is 10.9 Å². The molecule has 0 bridgehead atoms. The summed E-state index contributed by atoms with van der Waals surface area (Å²) in [5, 5.41) is 7.54. The Labute approximate surface area is 179 Å². The van der Waals surface area contributed by atoms with Gasteiger partial charge in [0.2, 0.25) is 5.91 Å². The molecule has 1 amide bonds. The average molecular weight is 488 g/mol. The first kappa shape index (κ1) is 22.0. The summed E-state index contributed by atoms with van der Waals surface area (Å²) in [6.45, 7) is 7.92. The number of piperazine rings is 1. The van der Waals surface area contributed by atoms with Gasteiger partial charge < -0.3 is 15.1 Å². The molecule has 0 spiro atoms. The number of hydrogen-bond acceptors (Lipinski definition) is 3. The Morgan fingerprint density at radius 1 is 1.30 bits per heavy atom. The van der Waals surface area contributed by atoms with Gasteiger partial charge in [-0.15, -0.1) is 24.0 Å². The minimum atomic E-state index is 0. The monoisotopic (exact) mass is 488 g/mol. The molecule has 2 aliphatic rings. The van der Waals surface area contributed by atoms with Crippen molar-refractivity contribution >= 4 is 41.5 Å². The van der Waals surface area contributed by atoms with Crippen LogP contribution in [0.15, 0.2) is 17.4 Å². The van der Waals surface area contributed by atoms with E-state index in [-0.39, 0.29) is 29.9 Å². The van der Waals surface area contributed by atoms with Gasteiger partial charge in [0, 0.05) is 39.4 Å². The Kier molecular flexibility index (Phi) is 8.37. The molecule has 1 N–H and O–H groups in total. The van der Waals surface area contributed by atoms with Gasteiger partial charge in [0.15, 0.2) is 5.96 Å². The summed E-state index contributed by atoms with van der Waals surface area (Å²) in [6, 6.07) is 0. The predicted molar refractivity (Wildman–Crippen MR) is 120 cm³/mol. The number of guanidine groups is 1. The van der Waals surface area contributed by atoms with Crippen molar-refractivity contribution in [2.24, 2.45) is 23.9 Å². The van der Waals surface area contributed by atoms with E-state index in [1.807, 2.05) is 18.1 Å². The number of halogens is 1. The van der Waals surface area contributed by atoms with Gasteiger partial charge >= 0.3 is 0 Å². The molecule has 1 aromatic heterocycles. The lowest BCUT2D eigenvalue weighted by molar-refractivity contribution is -0.120. The van der Waals surface area contributed by atoms with E-state index in [0.29, 0.717) is 19.0 Å². The molecule has 0 unspecified atom stereocenters. The quantitative estimate of drug-likeness (QED) is 0.402. The van der Waals surface area contributed by atoms with Crippen molar-refractivity contribution in [1.29, 1.82) is 0 Å². The summed E-state index contributed by atoms with van der Waals surface area (Å²) in [4.78, 5) is 21.4. The minimum absolute atomic E-state index is 0. The number of aliphatic imine (C=N–C) groups is 1. The Hall–Kier alpha value is -1.32. The maximum Gasteiger partial charge on any atom is 0.246 e. The van der Waals surface area contributed by atoms with Crippen LogP contribution in [0.4, 0.5) is 5.69 Å². The van der Waals surface area contributed by atoms with Crippen LogP contribution in [0.5, 0.6) is 0 Å². The van der Waals surface area contributed by atoms with Gasteiger partial charge in [-0.1, -0.05) is 19.8 Å². The molecule has 1 aliphatic carbocycles. The van der Waals surface area contributed by atoms with Crippen molar-refractivity contribution in [3.63, 3.8) is 0 Å². The number of nitrogens with one attached hydrogen (secondary N) is 1. The van der Waals surface area contributed by atoms with Crippen LogP contribution in [0.3, 0.4) is 0 Å². The Bertz CT molecular complexity index is 638. The van der Waals surface area contributed by atoms with Gasteiger partial charge in [-0.25, -0.2) is 0 Å². The molecule has 7 nitrogen and oxygen atoms in total. The van der Waals surface area contributed by atoms with Crippen molar-refractivity contribution in [3.8, 4) is 0 Å². The Morgan fingerprint density at radius 3 is 2.63 bits per heavy atom. The fourth-order valence-electron chi connectivity index (χ4n) is 3.83. The number of amides is 1. The summed E-state index contributed by atoms with van der Waals surface area (Å²) in [5.74, 6) is 2.53. The Balaban J connectivity index is 0.00000261. The molecular formula is C19H33IN6O. The molecule has 3 rings (SSSR count). The molecule has 0 aromatic carbocycles. The first-order valence-electron chi connectivity index (χ1n) is 9.89. The summed E-state index contributed by atoms with van der Waals surface area (Å²) >= 11 is 0. The van der Waals surface area contributed by atoms with Crippen LogP contribution < -0.4 is 10.2 Å². The van der Waals surface area contributed by atoms with Crippen molar-refractivity contribution in [2.45, 2.75) is 39.5 Å². The number of carbonyl (C=O) groups excluding carboxylic acids is 1. The van der Waals surface area contributed by atoms with Crippen LogP contribution in [0.1, 0.15) is 39.5 Å². The van der Waals surface area contributed by atoms with Crippen LogP contribution in [0, 0.1) is 11.8 Å². The molecule has 1 saturated carbocycles. The van der Waals surface area contributed by atoms with Crippen molar-refractivity contribution in [2.75, 3.05) is 37.6 Å². The van der Waals surface area contributed by atoms with Crippen molar-refractivity contribution in [1.82, 2.24) is 20.0 Å².